The van der Waals surface area contributed by atoms with Gasteiger partial charge in [0, 0.05) is 35.2 Å². The third-order valence-corrected chi connectivity index (χ3v) is 4.90. The Morgan fingerprint density at radius 3 is 2.48 bits per heavy atom. The Morgan fingerprint density at radius 1 is 1.38 bits per heavy atom. The number of nitro groups is 1. The topological polar surface area (TPSA) is 49.6 Å². The lowest BCUT2D eigenvalue weighted by molar-refractivity contribution is -0.385. The standard InChI is InChI=1S/C15H22BrN3O2/c1-4-11-9-15(13(16)10-14(11)19(20)21)18-7-5-12(6-8-18)17(2)3/h9-10,12H,4-8H2,1-3H3. The Kier molecular flexibility index (Phi) is 5.22. The summed E-state index contributed by atoms with van der Waals surface area (Å²) in [6, 6.07) is 4.24. The van der Waals surface area contributed by atoms with Gasteiger partial charge in [-0.1, -0.05) is 6.92 Å². The average Bonchev–Trinajstić information content (AvgIpc) is 2.47. The molecule has 1 aromatic carbocycles. The van der Waals surface area contributed by atoms with Crippen LogP contribution in [0.1, 0.15) is 25.3 Å². The molecule has 0 aliphatic carbocycles. The van der Waals surface area contributed by atoms with E-state index < -0.39 is 0 Å². The van der Waals surface area contributed by atoms with E-state index in [1.165, 1.54) is 0 Å². The van der Waals surface area contributed by atoms with Crippen LogP contribution >= 0.6 is 15.9 Å². The summed E-state index contributed by atoms with van der Waals surface area (Å²) >= 11 is 3.50. The van der Waals surface area contributed by atoms with Gasteiger partial charge in [0.15, 0.2) is 0 Å². The number of halogens is 1. The molecule has 6 heteroatoms. The van der Waals surface area contributed by atoms with Gasteiger partial charge in [-0.15, -0.1) is 0 Å². The fourth-order valence-corrected chi connectivity index (χ4v) is 3.50. The number of anilines is 1. The summed E-state index contributed by atoms with van der Waals surface area (Å²) in [7, 11) is 4.24. The highest BCUT2D eigenvalue weighted by Gasteiger charge is 2.24. The van der Waals surface area contributed by atoms with Crippen molar-refractivity contribution in [3.63, 3.8) is 0 Å². The number of hydrogen-bond donors (Lipinski definition) is 0. The molecule has 116 valence electrons. The maximum absolute atomic E-state index is 11.1. The number of benzene rings is 1. The van der Waals surface area contributed by atoms with Gasteiger partial charge in [0.05, 0.1) is 10.6 Å². The second kappa shape index (κ2) is 6.75. The quantitative estimate of drug-likeness (QED) is 0.613. The molecule has 1 saturated heterocycles. The molecule has 21 heavy (non-hydrogen) atoms. The first kappa shape index (κ1) is 16.2. The molecule has 0 amide bonds. The number of rotatable bonds is 4. The lowest BCUT2D eigenvalue weighted by Crippen LogP contribution is -2.42. The first-order chi connectivity index (χ1) is 9.93. The van der Waals surface area contributed by atoms with Crippen LogP contribution in [0.25, 0.3) is 0 Å². The maximum atomic E-state index is 11.1. The van der Waals surface area contributed by atoms with Gasteiger partial charge in [-0.2, -0.15) is 0 Å². The zero-order chi connectivity index (χ0) is 15.6. The molecule has 0 bridgehead atoms. The molecule has 0 atom stereocenters. The van der Waals surface area contributed by atoms with Gasteiger partial charge in [-0.05, 0) is 55.4 Å². The first-order valence-electron chi connectivity index (χ1n) is 7.32. The molecule has 0 saturated carbocycles. The molecular formula is C15H22BrN3O2. The molecule has 5 nitrogen and oxygen atoms in total. The zero-order valence-electron chi connectivity index (χ0n) is 12.8. The Morgan fingerprint density at radius 2 is 2.00 bits per heavy atom. The molecule has 0 unspecified atom stereocenters. The van der Waals surface area contributed by atoms with Crippen molar-refractivity contribution in [2.24, 2.45) is 0 Å². The predicted octanol–water partition coefficient (Wildman–Crippen LogP) is 3.45. The van der Waals surface area contributed by atoms with Crippen molar-refractivity contribution >= 4 is 27.3 Å². The Bertz CT molecular complexity index is 526. The third kappa shape index (κ3) is 3.55. The molecule has 0 N–H and O–H groups in total. The van der Waals surface area contributed by atoms with Crippen molar-refractivity contribution in [1.29, 1.82) is 0 Å². The monoisotopic (exact) mass is 355 g/mol. The summed E-state index contributed by atoms with van der Waals surface area (Å²) in [5, 5.41) is 11.1. The van der Waals surface area contributed by atoms with Gasteiger partial charge < -0.3 is 9.80 Å². The van der Waals surface area contributed by atoms with Crippen LogP contribution in [0.15, 0.2) is 16.6 Å². The molecule has 0 spiro atoms. The lowest BCUT2D eigenvalue weighted by atomic mass is 10.0. The van der Waals surface area contributed by atoms with Crippen molar-refractivity contribution in [3.8, 4) is 0 Å². The highest BCUT2D eigenvalue weighted by molar-refractivity contribution is 9.10. The van der Waals surface area contributed by atoms with Gasteiger partial charge in [-0.25, -0.2) is 0 Å². The molecule has 1 aliphatic rings. The van der Waals surface area contributed by atoms with Crippen molar-refractivity contribution in [2.45, 2.75) is 32.2 Å². The van der Waals surface area contributed by atoms with Crippen LogP contribution in [0.4, 0.5) is 11.4 Å². The number of aryl methyl sites for hydroxylation is 1. The van der Waals surface area contributed by atoms with Crippen molar-refractivity contribution in [3.05, 3.63) is 32.3 Å². The summed E-state index contributed by atoms with van der Waals surface area (Å²) in [5.74, 6) is 0. The minimum atomic E-state index is -0.300. The van der Waals surface area contributed by atoms with Gasteiger partial charge in [-0.3, -0.25) is 10.1 Å². The third-order valence-electron chi connectivity index (χ3n) is 4.26. The Balaban J connectivity index is 2.23. The smallest absolute Gasteiger partial charge is 0.273 e. The summed E-state index contributed by atoms with van der Waals surface area (Å²) in [6.07, 6.45) is 2.92. The number of nitro benzene ring substituents is 1. The van der Waals surface area contributed by atoms with Gasteiger partial charge >= 0.3 is 0 Å². The SMILES string of the molecule is CCc1cc(N2CCC(N(C)C)CC2)c(Br)cc1[N+](=O)[O-]. The van der Waals surface area contributed by atoms with E-state index in [9.17, 15) is 10.1 Å². The molecule has 1 aromatic rings. The number of nitrogens with zero attached hydrogens (tertiary/aromatic N) is 3. The maximum Gasteiger partial charge on any atom is 0.273 e. The molecule has 1 aliphatic heterocycles. The van der Waals surface area contributed by atoms with Crippen LogP contribution in [-0.2, 0) is 6.42 Å². The number of hydrogen-bond acceptors (Lipinski definition) is 4. The fourth-order valence-electron chi connectivity index (χ4n) is 2.91. The van der Waals surface area contributed by atoms with Crippen LogP contribution in [0.2, 0.25) is 0 Å². The lowest BCUT2D eigenvalue weighted by Gasteiger charge is -2.37. The van der Waals surface area contributed by atoms with E-state index in [0.717, 1.165) is 41.7 Å². The minimum absolute atomic E-state index is 0.205. The second-order valence-corrected chi connectivity index (χ2v) is 6.58. The van der Waals surface area contributed by atoms with Crippen LogP contribution in [0.3, 0.4) is 0 Å². The largest absolute Gasteiger partial charge is 0.370 e. The molecule has 1 heterocycles. The van der Waals surface area contributed by atoms with Gasteiger partial charge in [0.1, 0.15) is 0 Å². The first-order valence-corrected chi connectivity index (χ1v) is 8.11. The van der Waals surface area contributed by atoms with E-state index in [4.69, 9.17) is 0 Å². The second-order valence-electron chi connectivity index (χ2n) is 5.72. The van der Waals surface area contributed by atoms with E-state index in [0.29, 0.717) is 12.5 Å². The molecular weight excluding hydrogens is 334 g/mol. The summed E-state index contributed by atoms with van der Waals surface area (Å²) in [4.78, 5) is 15.4. The minimum Gasteiger partial charge on any atom is -0.370 e. The highest BCUT2D eigenvalue weighted by Crippen LogP contribution is 2.35. The van der Waals surface area contributed by atoms with E-state index >= 15 is 0 Å². The van der Waals surface area contributed by atoms with E-state index in [1.54, 1.807) is 6.07 Å². The summed E-state index contributed by atoms with van der Waals surface area (Å²) < 4.78 is 0.815. The van der Waals surface area contributed by atoms with Crippen LogP contribution < -0.4 is 4.90 Å². The van der Waals surface area contributed by atoms with E-state index in [1.807, 2.05) is 13.0 Å². The summed E-state index contributed by atoms with van der Waals surface area (Å²) in [5.41, 5.74) is 2.08. The van der Waals surface area contributed by atoms with E-state index in [-0.39, 0.29) is 10.6 Å². The van der Waals surface area contributed by atoms with Crippen molar-refractivity contribution in [1.82, 2.24) is 4.90 Å². The van der Waals surface area contributed by atoms with E-state index in [2.05, 4.69) is 39.8 Å². The Labute approximate surface area is 134 Å². The summed E-state index contributed by atoms with van der Waals surface area (Å²) in [6.45, 7) is 3.93. The van der Waals surface area contributed by atoms with Gasteiger partial charge in [0.25, 0.3) is 5.69 Å². The normalized spacial score (nSPS) is 16.5. The fraction of sp³-hybridized carbons (Fsp3) is 0.600. The molecule has 0 radical (unpaired) electrons. The highest BCUT2D eigenvalue weighted by atomic mass is 79.9. The molecule has 2 rings (SSSR count). The number of piperidine rings is 1. The predicted molar refractivity (Wildman–Crippen MR) is 89.1 cm³/mol. The molecule has 1 fully saturated rings. The van der Waals surface area contributed by atoms with Crippen molar-refractivity contribution in [2.75, 3.05) is 32.1 Å². The van der Waals surface area contributed by atoms with Crippen molar-refractivity contribution < 1.29 is 4.92 Å². The van der Waals surface area contributed by atoms with Crippen LogP contribution in [-0.4, -0.2) is 43.0 Å². The van der Waals surface area contributed by atoms with Crippen LogP contribution in [0, 0.1) is 10.1 Å². The van der Waals surface area contributed by atoms with Crippen LogP contribution in [0.5, 0.6) is 0 Å². The average molecular weight is 356 g/mol. The van der Waals surface area contributed by atoms with Gasteiger partial charge in [0.2, 0.25) is 0 Å². The Hall–Kier alpha value is -1.14. The molecule has 0 aromatic heterocycles. The zero-order valence-corrected chi connectivity index (χ0v) is 14.4.